The van der Waals surface area contributed by atoms with E-state index in [1.165, 1.54) is 38.0 Å². The summed E-state index contributed by atoms with van der Waals surface area (Å²) in [7, 11) is 0. The average Bonchev–Trinajstić information content (AvgIpc) is 2.38. The van der Waals surface area contributed by atoms with Gasteiger partial charge in [0.05, 0.1) is 11.7 Å². The molecule has 1 unspecified atom stereocenters. The quantitative estimate of drug-likeness (QED) is 0.841. The van der Waals surface area contributed by atoms with Crippen LogP contribution in [0.2, 0.25) is 0 Å². The van der Waals surface area contributed by atoms with Crippen molar-refractivity contribution in [3.05, 3.63) is 30.1 Å². The van der Waals surface area contributed by atoms with E-state index in [0.29, 0.717) is 6.04 Å². The summed E-state index contributed by atoms with van der Waals surface area (Å²) in [6.07, 6.45) is 6.88. The van der Waals surface area contributed by atoms with Crippen LogP contribution in [-0.2, 0) is 0 Å². The summed E-state index contributed by atoms with van der Waals surface area (Å²) in [4.78, 5) is 7.02. The predicted octanol–water partition coefficient (Wildman–Crippen LogP) is 1.96. The van der Waals surface area contributed by atoms with E-state index in [-0.39, 0.29) is 0 Å². The summed E-state index contributed by atoms with van der Waals surface area (Å²) in [5, 5.41) is 0. The van der Waals surface area contributed by atoms with Crippen LogP contribution in [0.25, 0.3) is 0 Å². The van der Waals surface area contributed by atoms with E-state index in [9.17, 15) is 0 Å². The lowest BCUT2D eigenvalue weighted by atomic mass is 10.0. The van der Waals surface area contributed by atoms with E-state index >= 15 is 0 Å². The van der Waals surface area contributed by atoms with Gasteiger partial charge in [0.1, 0.15) is 0 Å². The van der Waals surface area contributed by atoms with E-state index in [4.69, 9.17) is 5.73 Å². The van der Waals surface area contributed by atoms with Crippen molar-refractivity contribution in [2.24, 2.45) is 5.73 Å². The molecule has 0 spiro atoms. The maximum atomic E-state index is 5.72. The first-order valence-corrected chi connectivity index (χ1v) is 6.27. The second-order valence-corrected chi connectivity index (χ2v) is 4.44. The number of nitrogens with two attached hydrogens (primary N) is 1. The number of pyridine rings is 1. The molecule has 1 aromatic rings. The monoisotopic (exact) mass is 219 g/mol. The molecule has 2 N–H and O–H groups in total. The molecule has 1 saturated heterocycles. The van der Waals surface area contributed by atoms with Crippen LogP contribution in [0.4, 0.5) is 0 Å². The second-order valence-electron chi connectivity index (χ2n) is 4.44. The Morgan fingerprint density at radius 2 is 2.06 bits per heavy atom. The van der Waals surface area contributed by atoms with Crippen molar-refractivity contribution in [3.8, 4) is 0 Å². The number of hydrogen-bond acceptors (Lipinski definition) is 3. The number of nitrogens with zero attached hydrogens (tertiary/aromatic N) is 2. The van der Waals surface area contributed by atoms with Crippen LogP contribution in [0, 0.1) is 0 Å². The van der Waals surface area contributed by atoms with Gasteiger partial charge in [0, 0.05) is 6.20 Å². The highest BCUT2D eigenvalue weighted by molar-refractivity contribution is 5.09. The molecule has 0 bridgehead atoms. The van der Waals surface area contributed by atoms with Crippen molar-refractivity contribution in [2.45, 2.75) is 31.7 Å². The number of likely N-dealkylation sites (tertiary alicyclic amines) is 1. The summed E-state index contributed by atoms with van der Waals surface area (Å²) >= 11 is 0. The molecule has 88 valence electrons. The minimum atomic E-state index is 0.423. The Bertz CT molecular complexity index is 293. The van der Waals surface area contributed by atoms with Gasteiger partial charge in [0.2, 0.25) is 0 Å². The maximum Gasteiger partial charge on any atom is 0.0575 e. The fraction of sp³-hybridized carbons (Fsp3) is 0.615. The Hall–Kier alpha value is -0.930. The van der Waals surface area contributed by atoms with E-state index in [1.54, 1.807) is 0 Å². The van der Waals surface area contributed by atoms with Crippen molar-refractivity contribution in [1.29, 1.82) is 0 Å². The standard InChI is InChI=1S/C13H21N3/c14-8-7-13(12-6-2-3-9-15-12)16-10-4-1-5-11-16/h2-3,6,9,13H,1,4-5,7-8,10-11,14H2. The van der Waals surface area contributed by atoms with Crippen molar-refractivity contribution in [2.75, 3.05) is 19.6 Å². The zero-order valence-corrected chi connectivity index (χ0v) is 9.81. The lowest BCUT2D eigenvalue weighted by Gasteiger charge is -2.34. The number of piperidine rings is 1. The summed E-state index contributed by atoms with van der Waals surface area (Å²) < 4.78 is 0. The normalized spacial score (nSPS) is 19.6. The summed E-state index contributed by atoms with van der Waals surface area (Å²) in [6, 6.07) is 6.58. The van der Waals surface area contributed by atoms with Gasteiger partial charge in [0.15, 0.2) is 0 Å². The predicted molar refractivity (Wildman–Crippen MR) is 66.1 cm³/mol. The minimum absolute atomic E-state index is 0.423. The van der Waals surface area contributed by atoms with E-state index in [2.05, 4.69) is 22.0 Å². The van der Waals surface area contributed by atoms with Crippen molar-refractivity contribution in [3.63, 3.8) is 0 Å². The molecule has 3 heteroatoms. The molecule has 1 aliphatic heterocycles. The molecule has 2 rings (SSSR count). The van der Waals surface area contributed by atoms with Crippen molar-refractivity contribution < 1.29 is 0 Å². The molecule has 0 aliphatic carbocycles. The van der Waals surface area contributed by atoms with Gasteiger partial charge in [-0.15, -0.1) is 0 Å². The number of aromatic nitrogens is 1. The molecule has 16 heavy (non-hydrogen) atoms. The van der Waals surface area contributed by atoms with Gasteiger partial charge in [-0.3, -0.25) is 9.88 Å². The lowest BCUT2D eigenvalue weighted by molar-refractivity contribution is 0.154. The van der Waals surface area contributed by atoms with Gasteiger partial charge >= 0.3 is 0 Å². The zero-order chi connectivity index (χ0) is 11.2. The van der Waals surface area contributed by atoms with Crippen LogP contribution in [0.3, 0.4) is 0 Å². The van der Waals surface area contributed by atoms with Gasteiger partial charge < -0.3 is 5.73 Å². The van der Waals surface area contributed by atoms with Crippen molar-refractivity contribution >= 4 is 0 Å². The van der Waals surface area contributed by atoms with Gasteiger partial charge in [-0.1, -0.05) is 12.5 Å². The molecule has 1 fully saturated rings. The second kappa shape index (κ2) is 5.97. The Morgan fingerprint density at radius 3 is 2.69 bits per heavy atom. The van der Waals surface area contributed by atoms with E-state index < -0.39 is 0 Å². The first-order chi connectivity index (χ1) is 7.92. The summed E-state index contributed by atoms with van der Waals surface area (Å²) in [6.45, 7) is 3.13. The highest BCUT2D eigenvalue weighted by Crippen LogP contribution is 2.25. The van der Waals surface area contributed by atoms with Crippen molar-refractivity contribution in [1.82, 2.24) is 9.88 Å². The molecule has 1 atom stereocenters. The molecule has 1 aliphatic rings. The van der Waals surface area contributed by atoms with Crippen LogP contribution in [0.15, 0.2) is 24.4 Å². The Balaban J connectivity index is 2.09. The topological polar surface area (TPSA) is 42.1 Å². The van der Waals surface area contributed by atoms with Crippen LogP contribution in [-0.4, -0.2) is 29.5 Å². The minimum Gasteiger partial charge on any atom is -0.330 e. The molecule has 0 saturated carbocycles. The molecular weight excluding hydrogens is 198 g/mol. The third kappa shape index (κ3) is 2.80. The van der Waals surface area contributed by atoms with Crippen LogP contribution >= 0.6 is 0 Å². The molecule has 0 radical (unpaired) electrons. The highest BCUT2D eigenvalue weighted by atomic mass is 15.2. The Labute approximate surface area is 97.7 Å². The van der Waals surface area contributed by atoms with E-state index in [0.717, 1.165) is 13.0 Å². The maximum absolute atomic E-state index is 5.72. The molecule has 1 aromatic heterocycles. The number of rotatable bonds is 4. The van der Waals surface area contributed by atoms with E-state index in [1.807, 2.05) is 12.3 Å². The molecular formula is C13H21N3. The smallest absolute Gasteiger partial charge is 0.0575 e. The summed E-state index contributed by atoms with van der Waals surface area (Å²) in [5.74, 6) is 0. The van der Waals surface area contributed by atoms with Gasteiger partial charge in [-0.2, -0.15) is 0 Å². The largest absolute Gasteiger partial charge is 0.330 e. The molecule has 2 heterocycles. The SMILES string of the molecule is NCCC(c1ccccn1)N1CCCCC1. The lowest BCUT2D eigenvalue weighted by Crippen LogP contribution is -2.35. The Morgan fingerprint density at radius 1 is 1.25 bits per heavy atom. The van der Waals surface area contributed by atoms with Crippen LogP contribution < -0.4 is 5.73 Å². The first kappa shape index (κ1) is 11.6. The van der Waals surface area contributed by atoms with Gasteiger partial charge in [0.25, 0.3) is 0 Å². The van der Waals surface area contributed by atoms with Gasteiger partial charge in [-0.05, 0) is 51.0 Å². The highest BCUT2D eigenvalue weighted by Gasteiger charge is 2.22. The first-order valence-electron chi connectivity index (χ1n) is 6.27. The van der Waals surface area contributed by atoms with Crippen LogP contribution in [0.5, 0.6) is 0 Å². The fourth-order valence-corrected chi connectivity index (χ4v) is 2.48. The molecule has 0 amide bonds. The van der Waals surface area contributed by atoms with Gasteiger partial charge in [-0.25, -0.2) is 0 Å². The Kier molecular flexibility index (Phi) is 4.31. The van der Waals surface area contributed by atoms with Crippen LogP contribution in [0.1, 0.15) is 37.4 Å². The average molecular weight is 219 g/mol. The third-order valence-electron chi connectivity index (χ3n) is 3.30. The number of hydrogen-bond donors (Lipinski definition) is 1. The zero-order valence-electron chi connectivity index (χ0n) is 9.81. The summed E-state index contributed by atoms with van der Waals surface area (Å²) in [5.41, 5.74) is 6.89. The molecule has 0 aromatic carbocycles. The fourth-order valence-electron chi connectivity index (χ4n) is 2.48. The third-order valence-corrected chi connectivity index (χ3v) is 3.30. The molecule has 3 nitrogen and oxygen atoms in total.